The van der Waals surface area contributed by atoms with Crippen LogP contribution < -0.4 is 6.15 Å². The van der Waals surface area contributed by atoms with E-state index in [9.17, 15) is 21.6 Å². The van der Waals surface area contributed by atoms with Gasteiger partial charge >= 0.3 is 0 Å². The summed E-state index contributed by atoms with van der Waals surface area (Å²) < 4.78 is 65.8. The lowest BCUT2D eigenvalue weighted by Crippen LogP contribution is -2.27. The van der Waals surface area contributed by atoms with Gasteiger partial charge in [0.25, 0.3) is 10.1 Å². The molecule has 134 valence electrons. The molecule has 3 N–H and O–H groups in total. The summed E-state index contributed by atoms with van der Waals surface area (Å²) in [5, 5.41) is 0. The van der Waals surface area contributed by atoms with Crippen LogP contribution >= 0.6 is 0 Å². The van der Waals surface area contributed by atoms with Gasteiger partial charge in [-0.05, 0) is 12.8 Å². The van der Waals surface area contributed by atoms with Crippen molar-refractivity contribution in [2.45, 2.75) is 57.3 Å². The molecule has 0 spiro atoms. The summed E-state index contributed by atoms with van der Waals surface area (Å²) in [6.45, 7) is 2.71. The van der Waals surface area contributed by atoms with Gasteiger partial charge in [-0.3, -0.25) is 8.57 Å². The highest BCUT2D eigenvalue weighted by molar-refractivity contribution is 7.86. The molecule has 0 aromatic rings. The topological polar surface area (TPSA) is 78.4 Å². The number of halogens is 3. The van der Waals surface area contributed by atoms with Crippen molar-refractivity contribution in [3.05, 3.63) is 12.7 Å². The first kappa shape index (κ1) is 23.7. The molecule has 0 bridgehead atoms. The standard InChI is InChI=1S/C14H25F3O3S.H3N/c1-2-11-20-21(18,19)12-14(17)13(16)9-7-5-3-4-6-8-10-15;/h2,13-14H,1,3-12H2;1H3. The predicted molar refractivity (Wildman–Crippen MR) is 83.0 cm³/mol. The van der Waals surface area contributed by atoms with E-state index < -0.39 is 28.2 Å². The summed E-state index contributed by atoms with van der Waals surface area (Å²) in [4.78, 5) is 0. The van der Waals surface area contributed by atoms with Gasteiger partial charge in [0, 0.05) is 0 Å². The van der Waals surface area contributed by atoms with E-state index in [0.29, 0.717) is 12.8 Å². The molecule has 0 aliphatic carbocycles. The Hall–Kier alpha value is -0.600. The molecular formula is C14H28F3NO3S. The molecule has 0 fully saturated rings. The predicted octanol–water partition coefficient (Wildman–Crippen LogP) is 4.06. The van der Waals surface area contributed by atoms with Crippen molar-refractivity contribution < 1.29 is 25.8 Å². The third-order valence-corrected chi connectivity index (χ3v) is 4.21. The van der Waals surface area contributed by atoms with Crippen LogP contribution in [0.1, 0.15) is 44.9 Å². The highest BCUT2D eigenvalue weighted by Gasteiger charge is 2.26. The second-order valence-corrected chi connectivity index (χ2v) is 6.61. The van der Waals surface area contributed by atoms with Crippen molar-refractivity contribution in [1.82, 2.24) is 6.15 Å². The van der Waals surface area contributed by atoms with Crippen LogP contribution in [0.25, 0.3) is 0 Å². The SMILES string of the molecule is C=CCOS(=O)(=O)CC(F)C(F)CCCCCCCCF.N. The van der Waals surface area contributed by atoms with Crippen LogP contribution in [0.3, 0.4) is 0 Å². The molecule has 4 nitrogen and oxygen atoms in total. The van der Waals surface area contributed by atoms with Gasteiger partial charge in [-0.25, -0.2) is 8.78 Å². The van der Waals surface area contributed by atoms with Crippen LogP contribution in [-0.4, -0.2) is 39.8 Å². The maximum absolute atomic E-state index is 13.5. The van der Waals surface area contributed by atoms with Gasteiger partial charge in [0.15, 0.2) is 0 Å². The smallest absolute Gasteiger partial charge is 0.270 e. The molecule has 2 atom stereocenters. The second-order valence-electron chi connectivity index (χ2n) is 4.93. The first-order chi connectivity index (χ1) is 9.93. The van der Waals surface area contributed by atoms with Crippen LogP contribution in [0.4, 0.5) is 13.2 Å². The summed E-state index contributed by atoms with van der Waals surface area (Å²) in [5.41, 5.74) is 0. The Morgan fingerprint density at radius 3 is 2.09 bits per heavy atom. The summed E-state index contributed by atoms with van der Waals surface area (Å²) in [6, 6.07) is 0. The Bertz CT molecular complexity index is 366. The minimum absolute atomic E-state index is 0. The van der Waals surface area contributed by atoms with Gasteiger partial charge in [0.05, 0.1) is 13.3 Å². The lowest BCUT2D eigenvalue weighted by molar-refractivity contribution is 0.168. The highest BCUT2D eigenvalue weighted by atomic mass is 32.2. The molecule has 2 unspecified atom stereocenters. The van der Waals surface area contributed by atoms with Crippen LogP contribution in [0, 0.1) is 0 Å². The first-order valence-corrected chi connectivity index (χ1v) is 8.82. The lowest BCUT2D eigenvalue weighted by atomic mass is 10.1. The summed E-state index contributed by atoms with van der Waals surface area (Å²) in [6.07, 6.45) is 1.63. The van der Waals surface area contributed by atoms with Gasteiger partial charge in [-0.2, -0.15) is 8.42 Å². The molecule has 0 aliphatic heterocycles. The fourth-order valence-electron chi connectivity index (χ4n) is 1.82. The van der Waals surface area contributed by atoms with Crippen LogP contribution in [0.5, 0.6) is 0 Å². The molecular weight excluding hydrogens is 319 g/mol. The molecule has 0 aliphatic rings. The van der Waals surface area contributed by atoms with Gasteiger partial charge in [0.2, 0.25) is 0 Å². The van der Waals surface area contributed by atoms with E-state index in [2.05, 4.69) is 10.8 Å². The van der Waals surface area contributed by atoms with Crippen molar-refractivity contribution in [2.75, 3.05) is 19.0 Å². The zero-order valence-electron chi connectivity index (χ0n) is 13.0. The minimum Gasteiger partial charge on any atom is -0.344 e. The first-order valence-electron chi connectivity index (χ1n) is 7.25. The van der Waals surface area contributed by atoms with Gasteiger partial charge in [-0.15, -0.1) is 6.58 Å². The fraction of sp³-hybridized carbons (Fsp3) is 0.857. The monoisotopic (exact) mass is 347 g/mol. The van der Waals surface area contributed by atoms with E-state index in [-0.39, 0.29) is 25.9 Å². The highest BCUT2D eigenvalue weighted by Crippen LogP contribution is 2.16. The van der Waals surface area contributed by atoms with Crippen molar-refractivity contribution in [3.63, 3.8) is 0 Å². The van der Waals surface area contributed by atoms with Crippen LogP contribution in [0.2, 0.25) is 0 Å². The van der Waals surface area contributed by atoms with Crippen molar-refractivity contribution >= 4 is 10.1 Å². The van der Waals surface area contributed by atoms with E-state index >= 15 is 0 Å². The molecule has 8 heteroatoms. The Labute approximate surface area is 131 Å². The number of hydrogen-bond donors (Lipinski definition) is 1. The van der Waals surface area contributed by atoms with Gasteiger partial charge in [0.1, 0.15) is 18.1 Å². The van der Waals surface area contributed by atoms with Crippen molar-refractivity contribution in [3.8, 4) is 0 Å². The lowest BCUT2D eigenvalue weighted by Gasteiger charge is -2.13. The zero-order valence-corrected chi connectivity index (χ0v) is 13.8. The maximum atomic E-state index is 13.5. The van der Waals surface area contributed by atoms with E-state index in [1.54, 1.807) is 0 Å². The van der Waals surface area contributed by atoms with Crippen molar-refractivity contribution in [2.24, 2.45) is 0 Å². The molecule has 0 rings (SSSR count). The largest absolute Gasteiger partial charge is 0.344 e. The Balaban J connectivity index is 0. The molecule has 22 heavy (non-hydrogen) atoms. The van der Waals surface area contributed by atoms with Crippen LogP contribution in [0.15, 0.2) is 12.7 Å². The van der Waals surface area contributed by atoms with E-state index in [1.807, 2.05) is 0 Å². The molecule has 0 radical (unpaired) electrons. The molecule has 0 heterocycles. The van der Waals surface area contributed by atoms with E-state index in [4.69, 9.17) is 0 Å². The Morgan fingerprint density at radius 1 is 1.00 bits per heavy atom. The summed E-state index contributed by atoms with van der Waals surface area (Å²) in [5.74, 6) is -0.974. The Morgan fingerprint density at radius 2 is 1.55 bits per heavy atom. The zero-order chi connectivity index (χ0) is 16.1. The van der Waals surface area contributed by atoms with Crippen molar-refractivity contribution in [1.29, 1.82) is 0 Å². The van der Waals surface area contributed by atoms with Crippen LogP contribution in [-0.2, 0) is 14.3 Å². The third kappa shape index (κ3) is 13.1. The Kier molecular flexibility index (Phi) is 15.1. The number of unbranched alkanes of at least 4 members (excludes halogenated alkanes) is 5. The molecule has 0 amide bonds. The van der Waals surface area contributed by atoms with Gasteiger partial charge in [-0.1, -0.05) is 38.2 Å². The summed E-state index contributed by atoms with van der Waals surface area (Å²) >= 11 is 0. The average molecular weight is 347 g/mol. The average Bonchev–Trinajstić information content (AvgIpc) is 2.43. The quantitative estimate of drug-likeness (QED) is 0.292. The second kappa shape index (κ2) is 14.0. The number of rotatable bonds is 14. The molecule has 0 saturated carbocycles. The molecule has 0 aromatic heterocycles. The molecule has 0 saturated heterocycles. The molecule has 0 aromatic carbocycles. The maximum Gasteiger partial charge on any atom is 0.270 e. The minimum atomic E-state index is -4.06. The van der Waals surface area contributed by atoms with E-state index in [1.165, 1.54) is 6.08 Å². The van der Waals surface area contributed by atoms with Gasteiger partial charge < -0.3 is 6.15 Å². The third-order valence-electron chi connectivity index (χ3n) is 2.98. The number of hydrogen-bond acceptors (Lipinski definition) is 4. The fourth-order valence-corrected chi connectivity index (χ4v) is 2.82. The van der Waals surface area contributed by atoms with E-state index in [0.717, 1.165) is 25.7 Å². The summed E-state index contributed by atoms with van der Waals surface area (Å²) in [7, 11) is -4.06. The normalized spacial score (nSPS) is 14.1. The number of alkyl halides is 3.